The highest BCUT2D eigenvalue weighted by Crippen LogP contribution is 2.13. The summed E-state index contributed by atoms with van der Waals surface area (Å²) in [6.07, 6.45) is 3.01. The second-order valence-corrected chi connectivity index (χ2v) is 3.17. The summed E-state index contributed by atoms with van der Waals surface area (Å²) in [4.78, 5) is 19.8. The molecule has 1 saturated heterocycles. The molecule has 14 heavy (non-hydrogen) atoms. The standard InChI is InChI=1S/C7H13NO.C3H6O2/c1-2-6-3-4-7(9)8-5-6;1-2-5-3-4/h6H,2-5H2,1H3,(H,8,9);3H,2H2,1H3. The zero-order chi connectivity index (χ0) is 10.8. The van der Waals surface area contributed by atoms with Crippen LogP contribution < -0.4 is 5.32 Å². The van der Waals surface area contributed by atoms with E-state index in [-0.39, 0.29) is 5.91 Å². The molecular formula is C10H19NO3. The molecule has 1 fully saturated rings. The number of nitrogens with one attached hydrogen (secondary N) is 1. The Hall–Kier alpha value is -1.06. The van der Waals surface area contributed by atoms with E-state index in [1.54, 1.807) is 6.92 Å². The van der Waals surface area contributed by atoms with Crippen LogP contribution in [0.4, 0.5) is 0 Å². The van der Waals surface area contributed by atoms with Gasteiger partial charge in [0.1, 0.15) is 0 Å². The molecule has 0 aliphatic carbocycles. The van der Waals surface area contributed by atoms with Crippen LogP contribution in [-0.4, -0.2) is 25.5 Å². The molecule has 0 bridgehead atoms. The molecule has 1 aliphatic rings. The number of amides is 1. The SMILES string of the molecule is CCC1CCC(=O)NC1.CCOC=O. The van der Waals surface area contributed by atoms with E-state index in [9.17, 15) is 9.59 Å². The summed E-state index contributed by atoms with van der Waals surface area (Å²) in [5, 5.41) is 2.84. The maximum Gasteiger partial charge on any atom is 0.293 e. The Morgan fingerprint density at radius 1 is 1.57 bits per heavy atom. The lowest BCUT2D eigenvalue weighted by Gasteiger charge is -2.20. The van der Waals surface area contributed by atoms with Crippen molar-refractivity contribution in [2.75, 3.05) is 13.2 Å². The average molecular weight is 201 g/mol. The molecule has 0 saturated carbocycles. The van der Waals surface area contributed by atoms with Crippen LogP contribution in [0.1, 0.15) is 33.1 Å². The zero-order valence-corrected chi connectivity index (χ0v) is 8.91. The van der Waals surface area contributed by atoms with Crippen LogP contribution >= 0.6 is 0 Å². The van der Waals surface area contributed by atoms with Crippen molar-refractivity contribution >= 4 is 12.4 Å². The molecule has 0 aromatic rings. The number of ether oxygens (including phenoxy) is 1. The Morgan fingerprint density at radius 3 is 2.57 bits per heavy atom. The van der Waals surface area contributed by atoms with Gasteiger partial charge in [0.25, 0.3) is 6.47 Å². The third-order valence-corrected chi connectivity index (χ3v) is 2.18. The van der Waals surface area contributed by atoms with Crippen molar-refractivity contribution in [3.8, 4) is 0 Å². The highest BCUT2D eigenvalue weighted by molar-refractivity contribution is 5.76. The Morgan fingerprint density at radius 2 is 2.29 bits per heavy atom. The minimum Gasteiger partial charge on any atom is -0.468 e. The van der Waals surface area contributed by atoms with Crippen LogP contribution in [0, 0.1) is 5.92 Å². The Bertz CT molecular complexity index is 161. The van der Waals surface area contributed by atoms with Crippen molar-refractivity contribution in [3.05, 3.63) is 0 Å². The zero-order valence-electron chi connectivity index (χ0n) is 8.91. The predicted molar refractivity (Wildman–Crippen MR) is 53.7 cm³/mol. The highest BCUT2D eigenvalue weighted by atomic mass is 16.5. The monoisotopic (exact) mass is 201 g/mol. The fraction of sp³-hybridized carbons (Fsp3) is 0.800. The Labute approximate surface area is 85.0 Å². The summed E-state index contributed by atoms with van der Waals surface area (Å²) < 4.78 is 4.15. The van der Waals surface area contributed by atoms with Crippen molar-refractivity contribution in [1.82, 2.24) is 5.32 Å². The lowest BCUT2D eigenvalue weighted by Crippen LogP contribution is -2.34. The molecule has 1 atom stereocenters. The van der Waals surface area contributed by atoms with E-state index < -0.39 is 0 Å². The van der Waals surface area contributed by atoms with E-state index in [1.807, 2.05) is 0 Å². The lowest BCUT2D eigenvalue weighted by molar-refractivity contribution is -0.128. The summed E-state index contributed by atoms with van der Waals surface area (Å²) in [6.45, 7) is 5.73. The van der Waals surface area contributed by atoms with Gasteiger partial charge in [-0.1, -0.05) is 13.3 Å². The summed E-state index contributed by atoms with van der Waals surface area (Å²) >= 11 is 0. The highest BCUT2D eigenvalue weighted by Gasteiger charge is 2.15. The van der Waals surface area contributed by atoms with E-state index in [1.165, 1.54) is 6.42 Å². The normalized spacial score (nSPS) is 20.1. The number of hydrogen-bond acceptors (Lipinski definition) is 3. The number of carbonyl (C=O) groups excluding carboxylic acids is 2. The van der Waals surface area contributed by atoms with Crippen LogP contribution in [0.2, 0.25) is 0 Å². The molecule has 0 aromatic heterocycles. The topological polar surface area (TPSA) is 55.4 Å². The quantitative estimate of drug-likeness (QED) is 0.696. The van der Waals surface area contributed by atoms with Gasteiger partial charge in [0.05, 0.1) is 6.61 Å². The van der Waals surface area contributed by atoms with Crippen molar-refractivity contribution in [3.63, 3.8) is 0 Å². The van der Waals surface area contributed by atoms with Crippen molar-refractivity contribution in [1.29, 1.82) is 0 Å². The van der Waals surface area contributed by atoms with Crippen LogP contribution in [0.15, 0.2) is 0 Å². The maximum atomic E-state index is 10.6. The van der Waals surface area contributed by atoms with Gasteiger partial charge in [-0.2, -0.15) is 0 Å². The van der Waals surface area contributed by atoms with Crippen molar-refractivity contribution in [2.45, 2.75) is 33.1 Å². The van der Waals surface area contributed by atoms with Gasteiger partial charge in [0.15, 0.2) is 0 Å². The van der Waals surface area contributed by atoms with Crippen LogP contribution in [0.25, 0.3) is 0 Å². The molecule has 1 N–H and O–H groups in total. The fourth-order valence-corrected chi connectivity index (χ4v) is 1.20. The van der Waals surface area contributed by atoms with Gasteiger partial charge in [-0.05, 0) is 19.3 Å². The number of carbonyl (C=O) groups is 2. The Kier molecular flexibility index (Phi) is 7.89. The summed E-state index contributed by atoms with van der Waals surface area (Å²) in [7, 11) is 0. The molecule has 1 amide bonds. The number of hydrogen-bond donors (Lipinski definition) is 1. The molecule has 1 heterocycles. The first kappa shape index (κ1) is 12.9. The molecule has 0 spiro atoms. The van der Waals surface area contributed by atoms with Crippen LogP contribution in [0.5, 0.6) is 0 Å². The lowest BCUT2D eigenvalue weighted by atomic mass is 9.97. The molecule has 4 heteroatoms. The van der Waals surface area contributed by atoms with Gasteiger partial charge in [-0.15, -0.1) is 0 Å². The minimum absolute atomic E-state index is 0.222. The van der Waals surface area contributed by atoms with Gasteiger partial charge < -0.3 is 10.1 Å². The summed E-state index contributed by atoms with van der Waals surface area (Å²) in [6, 6.07) is 0. The van der Waals surface area contributed by atoms with E-state index in [2.05, 4.69) is 17.0 Å². The number of rotatable bonds is 3. The largest absolute Gasteiger partial charge is 0.468 e. The number of piperidine rings is 1. The average Bonchev–Trinajstić information content (AvgIpc) is 2.21. The van der Waals surface area contributed by atoms with E-state index in [0.29, 0.717) is 13.1 Å². The fourth-order valence-electron chi connectivity index (χ4n) is 1.20. The van der Waals surface area contributed by atoms with Crippen molar-refractivity contribution in [2.24, 2.45) is 5.92 Å². The smallest absolute Gasteiger partial charge is 0.293 e. The van der Waals surface area contributed by atoms with Crippen LogP contribution in [-0.2, 0) is 14.3 Å². The van der Waals surface area contributed by atoms with Crippen molar-refractivity contribution < 1.29 is 14.3 Å². The molecule has 82 valence electrons. The van der Waals surface area contributed by atoms with Gasteiger partial charge in [0.2, 0.25) is 5.91 Å². The minimum atomic E-state index is 0.222. The van der Waals surface area contributed by atoms with Crippen LogP contribution in [0.3, 0.4) is 0 Å². The second kappa shape index (κ2) is 8.53. The van der Waals surface area contributed by atoms with E-state index in [4.69, 9.17) is 0 Å². The van der Waals surface area contributed by atoms with E-state index in [0.717, 1.165) is 25.3 Å². The van der Waals surface area contributed by atoms with Gasteiger partial charge in [0, 0.05) is 13.0 Å². The molecule has 0 aromatic carbocycles. The molecule has 4 nitrogen and oxygen atoms in total. The second-order valence-electron chi connectivity index (χ2n) is 3.17. The first-order chi connectivity index (χ1) is 6.74. The Balaban J connectivity index is 0.000000292. The van der Waals surface area contributed by atoms with Gasteiger partial charge in [-0.25, -0.2) is 0 Å². The molecule has 1 unspecified atom stereocenters. The van der Waals surface area contributed by atoms with E-state index >= 15 is 0 Å². The molecule has 0 radical (unpaired) electrons. The first-order valence-electron chi connectivity index (χ1n) is 5.06. The summed E-state index contributed by atoms with van der Waals surface area (Å²) in [5.41, 5.74) is 0. The molecular weight excluding hydrogens is 182 g/mol. The predicted octanol–water partition coefficient (Wildman–Crippen LogP) is 1.10. The molecule has 1 rings (SSSR count). The third-order valence-electron chi connectivity index (χ3n) is 2.18. The summed E-state index contributed by atoms with van der Waals surface area (Å²) in [5.74, 6) is 0.961. The first-order valence-corrected chi connectivity index (χ1v) is 5.06. The maximum absolute atomic E-state index is 10.6. The van der Waals surface area contributed by atoms with Gasteiger partial charge >= 0.3 is 0 Å². The molecule has 1 aliphatic heterocycles. The van der Waals surface area contributed by atoms with Gasteiger partial charge in [-0.3, -0.25) is 9.59 Å². The third kappa shape index (κ3) is 6.46.